The molecule has 0 aliphatic carbocycles. The summed E-state index contributed by atoms with van der Waals surface area (Å²) >= 11 is 0. The molecule has 0 fully saturated rings. The van der Waals surface area contributed by atoms with Crippen LogP contribution in [0.3, 0.4) is 0 Å². The highest BCUT2D eigenvalue weighted by atomic mass is 16.5. The van der Waals surface area contributed by atoms with E-state index in [0.717, 1.165) is 0 Å². The van der Waals surface area contributed by atoms with Crippen molar-refractivity contribution < 1.29 is 29.0 Å². The van der Waals surface area contributed by atoms with Crippen molar-refractivity contribution in [2.24, 2.45) is 0 Å². The Labute approximate surface area is 167 Å². The third-order valence-electron chi connectivity index (χ3n) is 4.39. The van der Waals surface area contributed by atoms with Gasteiger partial charge < -0.3 is 25.2 Å². The van der Waals surface area contributed by atoms with Gasteiger partial charge in [0.15, 0.2) is 23.9 Å². The average molecular weight is 396 g/mol. The number of aliphatic carboxylic acids is 1. The molecular formula is C21H20N2O6. The molecule has 0 unspecified atom stereocenters. The van der Waals surface area contributed by atoms with Crippen LogP contribution < -0.4 is 20.1 Å². The minimum Gasteiger partial charge on any atom is -0.493 e. The van der Waals surface area contributed by atoms with Gasteiger partial charge in [0.05, 0.1) is 18.8 Å². The average Bonchev–Trinajstić information content (AvgIpc) is 2.71. The van der Waals surface area contributed by atoms with Crippen LogP contribution >= 0.6 is 0 Å². The van der Waals surface area contributed by atoms with Gasteiger partial charge in [0, 0.05) is 5.57 Å². The summed E-state index contributed by atoms with van der Waals surface area (Å²) in [6, 6.07) is 12.8. The maximum atomic E-state index is 12.5. The van der Waals surface area contributed by atoms with E-state index in [1.54, 1.807) is 18.2 Å². The third-order valence-corrected chi connectivity index (χ3v) is 4.39. The number of carbonyl (C=O) groups is 3. The van der Waals surface area contributed by atoms with Crippen LogP contribution in [0.25, 0.3) is 5.70 Å². The second kappa shape index (κ2) is 8.47. The number of rotatable bonds is 7. The first-order chi connectivity index (χ1) is 13.9. The second-order valence-corrected chi connectivity index (χ2v) is 6.34. The second-order valence-electron chi connectivity index (χ2n) is 6.34. The van der Waals surface area contributed by atoms with Crippen LogP contribution in [0.4, 0.5) is 4.79 Å². The lowest BCUT2D eigenvalue weighted by Gasteiger charge is -2.30. The monoisotopic (exact) mass is 396 g/mol. The van der Waals surface area contributed by atoms with Crippen LogP contribution in [0.5, 0.6) is 11.5 Å². The van der Waals surface area contributed by atoms with E-state index >= 15 is 0 Å². The number of benzene rings is 2. The van der Waals surface area contributed by atoms with Crippen LogP contribution in [0.2, 0.25) is 0 Å². The number of methoxy groups -OCH3 is 1. The zero-order valence-electron chi connectivity index (χ0n) is 15.9. The van der Waals surface area contributed by atoms with Crippen molar-refractivity contribution in [1.82, 2.24) is 10.6 Å². The Kier molecular flexibility index (Phi) is 5.82. The lowest BCUT2D eigenvalue weighted by atomic mass is 9.90. The fraction of sp³-hybridized carbons (Fsp3) is 0.190. The van der Waals surface area contributed by atoms with Crippen molar-refractivity contribution in [1.29, 1.82) is 0 Å². The van der Waals surface area contributed by atoms with Crippen molar-refractivity contribution in [3.8, 4) is 11.5 Å². The highest BCUT2D eigenvalue weighted by Gasteiger charge is 2.32. The van der Waals surface area contributed by atoms with Gasteiger partial charge in [0.2, 0.25) is 0 Å². The molecule has 2 aromatic carbocycles. The maximum absolute atomic E-state index is 12.5. The van der Waals surface area contributed by atoms with E-state index in [0.29, 0.717) is 28.1 Å². The summed E-state index contributed by atoms with van der Waals surface area (Å²) in [6.45, 7) is 0.919. The number of ether oxygens (including phenoxy) is 2. The number of hydrogen-bond acceptors (Lipinski definition) is 5. The van der Waals surface area contributed by atoms with E-state index in [1.807, 2.05) is 30.3 Å². The quantitative estimate of drug-likeness (QED) is 0.663. The molecule has 0 radical (unpaired) electrons. The van der Waals surface area contributed by atoms with Gasteiger partial charge in [-0.3, -0.25) is 4.79 Å². The summed E-state index contributed by atoms with van der Waals surface area (Å²) in [5.74, 6) is -0.779. The lowest BCUT2D eigenvalue weighted by Crippen LogP contribution is -2.44. The molecule has 0 aromatic heterocycles. The van der Waals surface area contributed by atoms with E-state index in [2.05, 4.69) is 10.6 Å². The molecule has 3 rings (SSSR count). The molecule has 29 heavy (non-hydrogen) atoms. The summed E-state index contributed by atoms with van der Waals surface area (Å²) in [7, 11) is 1.42. The first-order valence-electron chi connectivity index (χ1n) is 8.81. The van der Waals surface area contributed by atoms with E-state index in [1.165, 1.54) is 14.0 Å². The first-order valence-corrected chi connectivity index (χ1v) is 8.81. The largest absolute Gasteiger partial charge is 0.493 e. The zero-order chi connectivity index (χ0) is 21.0. The standard InChI is InChI=1S/C21H20N2O6/c1-12(24)18-19(13-6-4-3-5-7-13)22-21(27)23-20(18)14-8-9-15(16(10-14)28-2)29-11-17(25)26/h3-10,20H,11H2,1-2H3,(H,25,26)(H2,22,23,27)/t20-/m1/s1. The van der Waals surface area contributed by atoms with E-state index < -0.39 is 24.6 Å². The van der Waals surface area contributed by atoms with Crippen LogP contribution in [-0.2, 0) is 9.59 Å². The number of nitrogens with one attached hydrogen (secondary N) is 2. The minimum atomic E-state index is -1.11. The van der Waals surface area contributed by atoms with Gasteiger partial charge in [0.1, 0.15) is 0 Å². The van der Waals surface area contributed by atoms with Crippen LogP contribution in [-0.4, -0.2) is 36.6 Å². The zero-order valence-corrected chi connectivity index (χ0v) is 15.9. The number of carboxylic acids is 1. The van der Waals surface area contributed by atoms with Gasteiger partial charge in [-0.25, -0.2) is 9.59 Å². The normalized spacial score (nSPS) is 15.9. The highest BCUT2D eigenvalue weighted by molar-refractivity contribution is 6.06. The fourth-order valence-corrected chi connectivity index (χ4v) is 3.15. The summed E-state index contributed by atoms with van der Waals surface area (Å²) < 4.78 is 10.5. The van der Waals surface area contributed by atoms with Gasteiger partial charge in [-0.1, -0.05) is 36.4 Å². The predicted octanol–water partition coefficient (Wildman–Crippen LogP) is 2.51. The molecule has 2 amide bonds. The van der Waals surface area contributed by atoms with E-state index in [-0.39, 0.29) is 11.5 Å². The van der Waals surface area contributed by atoms with Crippen LogP contribution in [0.1, 0.15) is 24.1 Å². The van der Waals surface area contributed by atoms with Gasteiger partial charge in [-0.05, 0) is 30.2 Å². The number of Topliss-reactive ketones (excluding diaryl/α,β-unsaturated/α-hetero) is 1. The molecule has 0 saturated carbocycles. The minimum absolute atomic E-state index is 0.202. The molecule has 150 valence electrons. The molecule has 3 N–H and O–H groups in total. The Bertz CT molecular complexity index is 984. The van der Waals surface area contributed by atoms with Crippen molar-refractivity contribution in [2.75, 3.05) is 13.7 Å². The molecular weight excluding hydrogens is 376 g/mol. The van der Waals surface area contributed by atoms with E-state index in [9.17, 15) is 14.4 Å². The number of amides is 2. The third kappa shape index (κ3) is 4.37. The van der Waals surface area contributed by atoms with E-state index in [4.69, 9.17) is 14.6 Å². The number of ketones is 1. The number of carbonyl (C=O) groups excluding carboxylic acids is 2. The molecule has 1 aliphatic heterocycles. The Hall–Kier alpha value is -3.81. The Morgan fingerprint density at radius 3 is 2.45 bits per heavy atom. The van der Waals surface area contributed by atoms with Crippen LogP contribution in [0, 0.1) is 0 Å². The highest BCUT2D eigenvalue weighted by Crippen LogP contribution is 2.36. The molecule has 8 heteroatoms. The van der Waals surface area contributed by atoms with Crippen molar-refractivity contribution in [3.05, 3.63) is 65.2 Å². The molecule has 1 atom stereocenters. The fourth-order valence-electron chi connectivity index (χ4n) is 3.15. The Balaban J connectivity index is 2.07. The topological polar surface area (TPSA) is 114 Å². The summed E-state index contributed by atoms with van der Waals surface area (Å²) in [4.78, 5) is 35.6. The van der Waals surface area contributed by atoms with Crippen LogP contribution in [0.15, 0.2) is 54.1 Å². The number of urea groups is 1. The van der Waals surface area contributed by atoms with Gasteiger partial charge in [0.25, 0.3) is 0 Å². The van der Waals surface area contributed by atoms with Crippen molar-refractivity contribution in [2.45, 2.75) is 13.0 Å². The molecule has 8 nitrogen and oxygen atoms in total. The molecule has 0 bridgehead atoms. The number of carboxylic acid groups (broad SMARTS) is 1. The van der Waals surface area contributed by atoms with Gasteiger partial charge in [-0.2, -0.15) is 0 Å². The summed E-state index contributed by atoms with van der Waals surface area (Å²) in [6.07, 6.45) is 0. The van der Waals surface area contributed by atoms with Crippen molar-refractivity contribution >= 4 is 23.5 Å². The lowest BCUT2D eigenvalue weighted by molar-refractivity contribution is -0.139. The summed E-state index contributed by atoms with van der Waals surface area (Å²) in [5.41, 5.74) is 2.15. The SMILES string of the molecule is COc1cc([C@H]2NC(=O)NC(c3ccccc3)=C2C(C)=O)ccc1OCC(=O)O. The molecule has 2 aromatic rings. The maximum Gasteiger partial charge on any atom is 0.341 e. The summed E-state index contributed by atoms with van der Waals surface area (Å²) in [5, 5.41) is 14.3. The Morgan fingerprint density at radius 1 is 1.10 bits per heavy atom. The molecule has 1 aliphatic rings. The smallest absolute Gasteiger partial charge is 0.341 e. The first kappa shape index (κ1) is 19.9. The van der Waals surface area contributed by atoms with Gasteiger partial charge in [-0.15, -0.1) is 0 Å². The molecule has 0 saturated heterocycles. The predicted molar refractivity (Wildman–Crippen MR) is 105 cm³/mol. The molecule has 1 heterocycles. The van der Waals surface area contributed by atoms with Gasteiger partial charge >= 0.3 is 12.0 Å². The Morgan fingerprint density at radius 2 is 1.83 bits per heavy atom. The number of hydrogen-bond donors (Lipinski definition) is 3. The molecule has 0 spiro atoms. The van der Waals surface area contributed by atoms with Crippen molar-refractivity contribution in [3.63, 3.8) is 0 Å².